The predicted molar refractivity (Wildman–Crippen MR) is 134 cm³/mol. The summed E-state index contributed by atoms with van der Waals surface area (Å²) >= 11 is 0. The summed E-state index contributed by atoms with van der Waals surface area (Å²) in [7, 11) is 0. The van der Waals surface area contributed by atoms with Crippen molar-refractivity contribution in [2.45, 2.75) is 19.4 Å². The summed E-state index contributed by atoms with van der Waals surface area (Å²) in [6.45, 7) is 4.72. The van der Waals surface area contributed by atoms with Crippen molar-refractivity contribution in [2.75, 3.05) is 38.0 Å². The Morgan fingerprint density at radius 1 is 0.735 bits per heavy atom. The Morgan fingerprint density at radius 2 is 1.35 bits per heavy atom. The monoisotopic (exact) mass is 457 g/mol. The van der Waals surface area contributed by atoms with Crippen LogP contribution in [0.5, 0.6) is 0 Å². The van der Waals surface area contributed by atoms with Gasteiger partial charge in [0.2, 0.25) is 5.91 Å². The minimum atomic E-state index is -0.904. The van der Waals surface area contributed by atoms with Crippen molar-refractivity contribution in [1.29, 1.82) is 0 Å². The van der Waals surface area contributed by atoms with Crippen molar-refractivity contribution in [2.24, 2.45) is 0 Å². The van der Waals surface area contributed by atoms with Crippen molar-refractivity contribution in [3.05, 3.63) is 101 Å². The van der Waals surface area contributed by atoms with E-state index in [0.29, 0.717) is 12.1 Å². The molecule has 0 bridgehead atoms. The van der Waals surface area contributed by atoms with Crippen LogP contribution in [0.3, 0.4) is 0 Å². The van der Waals surface area contributed by atoms with Gasteiger partial charge in [0, 0.05) is 25.3 Å². The first-order valence-electron chi connectivity index (χ1n) is 11.7. The zero-order valence-electron chi connectivity index (χ0n) is 19.3. The van der Waals surface area contributed by atoms with Gasteiger partial charge in [0.1, 0.15) is 0 Å². The summed E-state index contributed by atoms with van der Waals surface area (Å²) in [6.07, 6.45) is 1.87. The largest absolute Gasteiger partial charge is 0.478 e. The maximum Gasteiger partial charge on any atom is 0.335 e. The van der Waals surface area contributed by atoms with Crippen LogP contribution in [0.15, 0.2) is 78.9 Å². The molecule has 3 aromatic carbocycles. The summed E-state index contributed by atoms with van der Waals surface area (Å²) in [4.78, 5) is 28.2. The molecule has 0 spiro atoms. The fourth-order valence-corrected chi connectivity index (χ4v) is 4.29. The highest BCUT2D eigenvalue weighted by molar-refractivity contribution is 5.92. The number of anilines is 1. The standard InChI is InChI=1S/C28H31N3O3/c32-27(29-26-13-9-23(10-14-26)19-22-5-2-1-3-6-22)21-31-16-4-15-30(17-18-31)20-24-7-11-25(12-8-24)28(33)34/h1-3,5-14H,4,15-21H2,(H,29,32)(H,33,34). The van der Waals surface area contributed by atoms with Gasteiger partial charge in [-0.2, -0.15) is 0 Å². The van der Waals surface area contributed by atoms with E-state index in [1.54, 1.807) is 12.1 Å². The number of hydrogen-bond donors (Lipinski definition) is 2. The maximum atomic E-state index is 12.6. The van der Waals surface area contributed by atoms with Gasteiger partial charge < -0.3 is 10.4 Å². The van der Waals surface area contributed by atoms with Crippen LogP contribution in [-0.4, -0.2) is 59.5 Å². The van der Waals surface area contributed by atoms with Crippen LogP contribution in [0.1, 0.15) is 33.5 Å². The summed E-state index contributed by atoms with van der Waals surface area (Å²) in [5.41, 5.74) is 4.72. The lowest BCUT2D eigenvalue weighted by Gasteiger charge is -2.21. The number of carbonyl (C=O) groups excluding carboxylic acids is 1. The minimum absolute atomic E-state index is 0.00789. The lowest BCUT2D eigenvalue weighted by atomic mass is 10.0. The average Bonchev–Trinajstić information content (AvgIpc) is 3.06. The Kier molecular flexibility index (Phi) is 8.07. The third-order valence-corrected chi connectivity index (χ3v) is 6.14. The smallest absolute Gasteiger partial charge is 0.335 e. The van der Waals surface area contributed by atoms with Crippen molar-refractivity contribution < 1.29 is 14.7 Å². The summed E-state index contributed by atoms with van der Waals surface area (Å²) < 4.78 is 0. The first-order valence-corrected chi connectivity index (χ1v) is 11.7. The molecule has 1 heterocycles. The Morgan fingerprint density at radius 3 is 2.06 bits per heavy atom. The van der Waals surface area contributed by atoms with Crippen LogP contribution >= 0.6 is 0 Å². The van der Waals surface area contributed by atoms with Gasteiger partial charge >= 0.3 is 5.97 Å². The molecule has 0 aromatic heterocycles. The molecular formula is C28H31N3O3. The van der Waals surface area contributed by atoms with Gasteiger partial charge in [0.05, 0.1) is 12.1 Å². The van der Waals surface area contributed by atoms with Gasteiger partial charge in [-0.1, -0.05) is 54.6 Å². The normalized spacial score (nSPS) is 14.9. The van der Waals surface area contributed by atoms with E-state index in [9.17, 15) is 9.59 Å². The SMILES string of the molecule is O=C(CN1CCCN(Cc2ccc(C(=O)O)cc2)CC1)Nc1ccc(Cc2ccccc2)cc1. The molecule has 1 amide bonds. The molecule has 1 aliphatic heterocycles. The second-order valence-corrected chi connectivity index (χ2v) is 8.82. The highest BCUT2D eigenvalue weighted by Gasteiger charge is 2.17. The zero-order chi connectivity index (χ0) is 23.8. The van der Waals surface area contributed by atoms with Gasteiger partial charge in [0.15, 0.2) is 0 Å². The number of carboxylic acid groups (broad SMARTS) is 1. The highest BCUT2D eigenvalue weighted by Crippen LogP contribution is 2.14. The molecule has 6 nitrogen and oxygen atoms in total. The van der Waals surface area contributed by atoms with Crippen LogP contribution in [0.25, 0.3) is 0 Å². The van der Waals surface area contributed by atoms with E-state index >= 15 is 0 Å². The van der Waals surface area contributed by atoms with Crippen LogP contribution < -0.4 is 5.32 Å². The van der Waals surface area contributed by atoms with Crippen LogP contribution in [0, 0.1) is 0 Å². The molecule has 0 atom stereocenters. The molecule has 1 fully saturated rings. The van der Waals surface area contributed by atoms with Crippen LogP contribution in [0.4, 0.5) is 5.69 Å². The van der Waals surface area contributed by atoms with Crippen molar-refractivity contribution in [1.82, 2.24) is 9.80 Å². The molecule has 34 heavy (non-hydrogen) atoms. The lowest BCUT2D eigenvalue weighted by molar-refractivity contribution is -0.117. The summed E-state index contributed by atoms with van der Waals surface area (Å²) in [6, 6.07) is 25.5. The first kappa shape index (κ1) is 23.7. The van der Waals surface area contributed by atoms with Gasteiger partial charge in [-0.05, 0) is 66.9 Å². The van der Waals surface area contributed by atoms with E-state index in [1.807, 2.05) is 42.5 Å². The molecule has 1 aliphatic rings. The molecule has 6 heteroatoms. The number of amides is 1. The van der Waals surface area contributed by atoms with E-state index in [0.717, 1.165) is 56.8 Å². The van der Waals surface area contributed by atoms with Gasteiger partial charge in [-0.25, -0.2) is 4.79 Å². The molecule has 0 aliphatic carbocycles. The van der Waals surface area contributed by atoms with Gasteiger partial charge in [0.25, 0.3) is 0 Å². The van der Waals surface area contributed by atoms with E-state index in [-0.39, 0.29) is 5.91 Å². The zero-order valence-corrected chi connectivity index (χ0v) is 19.3. The number of nitrogens with zero attached hydrogens (tertiary/aromatic N) is 2. The molecule has 2 N–H and O–H groups in total. The fraction of sp³-hybridized carbons (Fsp3) is 0.286. The van der Waals surface area contributed by atoms with Gasteiger partial charge in [-0.3, -0.25) is 14.6 Å². The van der Waals surface area contributed by atoms with E-state index in [2.05, 4.69) is 39.4 Å². The number of carboxylic acids is 1. The topological polar surface area (TPSA) is 72.9 Å². The minimum Gasteiger partial charge on any atom is -0.478 e. The van der Waals surface area contributed by atoms with Gasteiger partial charge in [-0.15, -0.1) is 0 Å². The Balaban J connectivity index is 1.22. The second-order valence-electron chi connectivity index (χ2n) is 8.82. The molecule has 0 saturated carbocycles. The average molecular weight is 458 g/mol. The first-order chi connectivity index (χ1) is 16.5. The number of benzene rings is 3. The predicted octanol–water partition coefficient (Wildman–Crippen LogP) is 4.12. The highest BCUT2D eigenvalue weighted by atomic mass is 16.4. The van der Waals surface area contributed by atoms with Crippen molar-refractivity contribution >= 4 is 17.6 Å². The molecule has 4 rings (SSSR count). The lowest BCUT2D eigenvalue weighted by Crippen LogP contribution is -2.36. The van der Waals surface area contributed by atoms with E-state index in [1.165, 1.54) is 11.1 Å². The number of hydrogen-bond acceptors (Lipinski definition) is 4. The Labute approximate surface area is 200 Å². The quantitative estimate of drug-likeness (QED) is 0.532. The number of carbonyl (C=O) groups is 2. The number of nitrogens with one attached hydrogen (secondary N) is 1. The third kappa shape index (κ3) is 7.01. The summed E-state index contributed by atoms with van der Waals surface area (Å²) in [5.74, 6) is -0.896. The second kappa shape index (κ2) is 11.6. The molecule has 0 radical (unpaired) electrons. The van der Waals surface area contributed by atoms with E-state index < -0.39 is 5.97 Å². The third-order valence-electron chi connectivity index (χ3n) is 6.14. The van der Waals surface area contributed by atoms with Crippen molar-refractivity contribution in [3.63, 3.8) is 0 Å². The Bertz CT molecular complexity index is 1080. The van der Waals surface area contributed by atoms with E-state index in [4.69, 9.17) is 5.11 Å². The molecule has 0 unspecified atom stereocenters. The van der Waals surface area contributed by atoms with Crippen molar-refractivity contribution in [3.8, 4) is 0 Å². The van der Waals surface area contributed by atoms with Crippen LogP contribution in [0.2, 0.25) is 0 Å². The van der Waals surface area contributed by atoms with Crippen LogP contribution in [-0.2, 0) is 17.8 Å². The fourth-order valence-electron chi connectivity index (χ4n) is 4.29. The molecule has 176 valence electrons. The number of rotatable bonds is 8. The summed E-state index contributed by atoms with van der Waals surface area (Å²) in [5, 5.41) is 12.1. The number of aromatic carboxylic acids is 1. The maximum absolute atomic E-state index is 12.6. The molecule has 1 saturated heterocycles. The Hall–Kier alpha value is -3.48. The molecular weight excluding hydrogens is 426 g/mol. The molecule has 3 aromatic rings.